The number of aryl methyl sites for hydroxylation is 3. The molecule has 0 aliphatic carbocycles. The zero-order chi connectivity index (χ0) is 16.6. The molecule has 0 bridgehead atoms. The van der Waals surface area contributed by atoms with Gasteiger partial charge in [-0.3, -0.25) is 4.57 Å². The van der Waals surface area contributed by atoms with Crippen LogP contribution < -0.4 is 5.73 Å². The van der Waals surface area contributed by atoms with Crippen LogP contribution in [-0.2, 0) is 12.8 Å². The molecule has 0 saturated carbocycles. The minimum absolute atomic E-state index is 0.615. The molecule has 2 aromatic heterocycles. The number of halogens is 1. The van der Waals surface area contributed by atoms with Crippen LogP contribution in [0.4, 0.5) is 0 Å². The summed E-state index contributed by atoms with van der Waals surface area (Å²) in [5.74, 6) is 0.967. The van der Waals surface area contributed by atoms with Gasteiger partial charge >= 0.3 is 0 Å². The fraction of sp³-hybridized carbons (Fsp3) is 0.333. The second-order valence-corrected chi connectivity index (χ2v) is 6.20. The number of imidazole rings is 1. The highest BCUT2D eigenvalue weighted by Gasteiger charge is 2.16. The maximum atomic E-state index is 6.55. The lowest BCUT2D eigenvalue weighted by Crippen LogP contribution is -2.05. The first kappa shape index (κ1) is 16.0. The minimum Gasteiger partial charge on any atom is -0.330 e. The van der Waals surface area contributed by atoms with E-state index >= 15 is 0 Å². The van der Waals surface area contributed by atoms with Crippen molar-refractivity contribution in [2.24, 2.45) is 5.73 Å². The van der Waals surface area contributed by atoms with Crippen LogP contribution in [0.3, 0.4) is 0 Å². The van der Waals surface area contributed by atoms with E-state index in [-0.39, 0.29) is 0 Å². The molecule has 0 unspecified atom stereocenters. The largest absolute Gasteiger partial charge is 0.330 e. The highest BCUT2D eigenvalue weighted by Crippen LogP contribution is 2.28. The lowest BCUT2D eigenvalue weighted by molar-refractivity contribution is 0.897. The average molecular weight is 329 g/mol. The molecule has 5 heteroatoms. The summed E-state index contributed by atoms with van der Waals surface area (Å²) in [7, 11) is 0. The number of nitrogens with two attached hydrogens (primary N) is 1. The second kappa shape index (κ2) is 6.30. The molecule has 0 atom stereocenters. The van der Waals surface area contributed by atoms with E-state index in [1.54, 1.807) is 0 Å². The second-order valence-electron chi connectivity index (χ2n) is 5.79. The predicted octanol–water partition coefficient (Wildman–Crippen LogP) is 3.75. The van der Waals surface area contributed by atoms with E-state index in [0.29, 0.717) is 11.6 Å². The summed E-state index contributed by atoms with van der Waals surface area (Å²) in [4.78, 5) is 9.47. The van der Waals surface area contributed by atoms with Gasteiger partial charge in [0.2, 0.25) is 0 Å². The van der Waals surface area contributed by atoms with Crippen LogP contribution in [-0.4, -0.2) is 21.1 Å². The van der Waals surface area contributed by atoms with Crippen LogP contribution >= 0.6 is 11.6 Å². The Balaban J connectivity index is 2.26. The van der Waals surface area contributed by atoms with Gasteiger partial charge in [-0.1, -0.05) is 24.6 Å². The molecule has 0 amide bonds. The maximum absolute atomic E-state index is 6.55. The fourth-order valence-electron chi connectivity index (χ4n) is 2.95. The quantitative estimate of drug-likeness (QED) is 0.793. The smallest absolute Gasteiger partial charge is 0.165 e. The van der Waals surface area contributed by atoms with Gasteiger partial charge in [0.15, 0.2) is 5.65 Å². The summed E-state index contributed by atoms with van der Waals surface area (Å²) in [6.45, 7) is 6.78. The molecule has 0 aliphatic rings. The van der Waals surface area contributed by atoms with Crippen molar-refractivity contribution in [3.05, 3.63) is 51.9 Å². The first-order chi connectivity index (χ1) is 11.0. The zero-order valence-corrected chi connectivity index (χ0v) is 14.5. The van der Waals surface area contributed by atoms with Crippen LogP contribution in [0.2, 0.25) is 5.02 Å². The highest BCUT2D eigenvalue weighted by molar-refractivity contribution is 6.32. The molecule has 23 heavy (non-hydrogen) atoms. The molecule has 0 fully saturated rings. The van der Waals surface area contributed by atoms with E-state index < -0.39 is 0 Å². The van der Waals surface area contributed by atoms with Gasteiger partial charge < -0.3 is 5.73 Å². The maximum Gasteiger partial charge on any atom is 0.165 e. The fourth-order valence-corrected chi connectivity index (χ4v) is 3.24. The number of hydrogen-bond acceptors (Lipinski definition) is 3. The average Bonchev–Trinajstić information content (AvgIpc) is 2.86. The molecular formula is C18H21ClN4. The summed E-state index contributed by atoms with van der Waals surface area (Å²) in [5, 5.41) is 0.700. The van der Waals surface area contributed by atoms with E-state index in [1.807, 2.05) is 19.1 Å². The highest BCUT2D eigenvalue weighted by atomic mass is 35.5. The lowest BCUT2D eigenvalue weighted by atomic mass is 10.1. The molecule has 0 saturated heterocycles. The zero-order valence-electron chi connectivity index (χ0n) is 13.7. The van der Waals surface area contributed by atoms with Crippen LogP contribution in [0.1, 0.15) is 29.6 Å². The van der Waals surface area contributed by atoms with E-state index in [4.69, 9.17) is 27.3 Å². The van der Waals surface area contributed by atoms with Gasteiger partial charge in [-0.05, 0) is 56.1 Å². The molecule has 2 heterocycles. The Morgan fingerprint density at radius 2 is 1.96 bits per heavy atom. The topological polar surface area (TPSA) is 56.7 Å². The van der Waals surface area contributed by atoms with Gasteiger partial charge in [-0.15, -0.1) is 0 Å². The summed E-state index contributed by atoms with van der Waals surface area (Å²) in [6.07, 6.45) is 1.64. The number of hydrogen-bond donors (Lipinski definition) is 1. The molecule has 0 radical (unpaired) electrons. The first-order valence-corrected chi connectivity index (χ1v) is 8.27. The summed E-state index contributed by atoms with van der Waals surface area (Å²) in [6, 6.07) is 8.15. The Morgan fingerprint density at radius 1 is 1.17 bits per heavy atom. The van der Waals surface area contributed by atoms with Crippen molar-refractivity contribution in [3.8, 4) is 5.69 Å². The molecular weight excluding hydrogens is 308 g/mol. The van der Waals surface area contributed by atoms with Crippen molar-refractivity contribution >= 4 is 22.8 Å². The van der Waals surface area contributed by atoms with Crippen molar-refractivity contribution in [3.63, 3.8) is 0 Å². The van der Waals surface area contributed by atoms with E-state index in [1.165, 1.54) is 0 Å². The Kier molecular flexibility index (Phi) is 4.37. The molecule has 4 nitrogen and oxygen atoms in total. The molecule has 2 N–H and O–H groups in total. The third-order valence-electron chi connectivity index (χ3n) is 4.01. The van der Waals surface area contributed by atoms with Crippen LogP contribution in [0.25, 0.3) is 16.9 Å². The van der Waals surface area contributed by atoms with Crippen molar-refractivity contribution < 1.29 is 0 Å². The van der Waals surface area contributed by atoms with E-state index in [0.717, 1.165) is 52.3 Å². The number of fused-ring (bicyclic) bond motifs is 1. The number of pyridine rings is 1. The van der Waals surface area contributed by atoms with E-state index in [2.05, 4.69) is 30.5 Å². The Labute approximate surface area is 141 Å². The van der Waals surface area contributed by atoms with Crippen molar-refractivity contribution in [1.29, 1.82) is 0 Å². The standard InChI is InChI=1S/C18H21ClN4/c1-4-16-22-17-11(2)9-12(3)21-18(17)23(16)15-6-5-13(7-8-20)10-14(15)19/h5-6,9-10H,4,7-8,20H2,1-3H3. The third-order valence-corrected chi connectivity index (χ3v) is 4.31. The monoisotopic (exact) mass is 328 g/mol. The lowest BCUT2D eigenvalue weighted by Gasteiger charge is -2.11. The van der Waals surface area contributed by atoms with Gasteiger partial charge in [-0.2, -0.15) is 0 Å². The van der Waals surface area contributed by atoms with Gasteiger partial charge in [-0.25, -0.2) is 9.97 Å². The minimum atomic E-state index is 0.615. The van der Waals surface area contributed by atoms with Gasteiger partial charge in [0.05, 0.1) is 10.7 Å². The van der Waals surface area contributed by atoms with Crippen LogP contribution in [0.5, 0.6) is 0 Å². The number of rotatable bonds is 4. The van der Waals surface area contributed by atoms with E-state index in [9.17, 15) is 0 Å². The Morgan fingerprint density at radius 3 is 2.61 bits per heavy atom. The third kappa shape index (κ3) is 2.84. The SMILES string of the molecule is CCc1nc2c(C)cc(C)nc2n1-c1ccc(CCN)cc1Cl. The molecule has 3 aromatic rings. The molecule has 120 valence electrons. The summed E-state index contributed by atoms with van der Waals surface area (Å²) in [5.41, 5.74) is 11.6. The number of aromatic nitrogens is 3. The van der Waals surface area contributed by atoms with Gasteiger partial charge in [0.25, 0.3) is 0 Å². The first-order valence-electron chi connectivity index (χ1n) is 7.89. The Hall–Kier alpha value is -1.91. The Bertz CT molecular complexity index is 867. The summed E-state index contributed by atoms with van der Waals surface area (Å²) >= 11 is 6.55. The molecule has 3 rings (SSSR count). The van der Waals surface area contributed by atoms with Crippen molar-refractivity contribution in [2.45, 2.75) is 33.6 Å². The molecule has 0 spiro atoms. The van der Waals surface area contributed by atoms with Crippen LogP contribution in [0.15, 0.2) is 24.3 Å². The number of benzene rings is 1. The van der Waals surface area contributed by atoms with Crippen molar-refractivity contribution in [2.75, 3.05) is 6.54 Å². The van der Waals surface area contributed by atoms with Crippen LogP contribution in [0, 0.1) is 13.8 Å². The molecule has 1 aromatic carbocycles. The molecule has 0 aliphatic heterocycles. The van der Waals surface area contributed by atoms with Gasteiger partial charge in [0.1, 0.15) is 11.3 Å². The predicted molar refractivity (Wildman–Crippen MR) is 95.5 cm³/mol. The summed E-state index contributed by atoms with van der Waals surface area (Å²) < 4.78 is 2.07. The number of nitrogens with zero attached hydrogens (tertiary/aromatic N) is 3. The normalized spacial score (nSPS) is 11.3. The van der Waals surface area contributed by atoms with Crippen molar-refractivity contribution in [1.82, 2.24) is 14.5 Å². The van der Waals surface area contributed by atoms with Gasteiger partial charge in [0, 0.05) is 12.1 Å².